The Kier molecular flexibility index (Phi) is 6.20. The van der Waals surface area contributed by atoms with Crippen molar-refractivity contribution in [2.24, 2.45) is 10.2 Å². The minimum atomic E-state index is -1.08. The maximum atomic E-state index is 13.9. The number of hydrogen-bond acceptors (Lipinski definition) is 8. The lowest BCUT2D eigenvalue weighted by Crippen LogP contribution is -2.19. The zero-order valence-corrected chi connectivity index (χ0v) is 15.9. The molecule has 9 nitrogen and oxygen atoms in total. The average Bonchev–Trinajstić information content (AvgIpc) is 3.07. The van der Waals surface area contributed by atoms with Crippen molar-refractivity contribution in [1.29, 1.82) is 0 Å². The third-order valence-corrected chi connectivity index (χ3v) is 4.68. The minimum absolute atomic E-state index is 0.0404. The predicted molar refractivity (Wildman–Crippen MR) is 105 cm³/mol. The van der Waals surface area contributed by atoms with Crippen LogP contribution in [0.3, 0.4) is 0 Å². The van der Waals surface area contributed by atoms with Gasteiger partial charge in [0.25, 0.3) is 5.69 Å². The van der Waals surface area contributed by atoms with Gasteiger partial charge in [0.05, 0.1) is 21.9 Å². The van der Waals surface area contributed by atoms with Gasteiger partial charge < -0.3 is 10.1 Å². The Labute approximate surface area is 171 Å². The number of ether oxygens (including phenoxy) is 1. The van der Waals surface area contributed by atoms with E-state index in [0.717, 1.165) is 36.2 Å². The van der Waals surface area contributed by atoms with Gasteiger partial charge in [0.1, 0.15) is 17.1 Å². The highest BCUT2D eigenvalue weighted by atomic mass is 35.5. The van der Waals surface area contributed by atoms with E-state index in [-0.39, 0.29) is 38.9 Å². The first-order valence-corrected chi connectivity index (χ1v) is 9.20. The molecule has 3 rings (SSSR count). The number of nitro groups is 1. The standard InChI is InChI=1S/C17H10ClFN4O5S/c18-11-2-1-3-12(19)15(11)16(25)28-13-5-4-10(23(26)27)6-9(13)7-20-22-17-21-14(24)8-29-17/h1-7H,8H2,(H,21,22,24). The van der Waals surface area contributed by atoms with Crippen molar-refractivity contribution in [3.8, 4) is 5.75 Å². The van der Waals surface area contributed by atoms with Gasteiger partial charge in [0.2, 0.25) is 5.91 Å². The monoisotopic (exact) mass is 436 g/mol. The second kappa shape index (κ2) is 8.80. The number of benzene rings is 2. The smallest absolute Gasteiger partial charge is 0.348 e. The Balaban J connectivity index is 1.90. The first kappa shape index (κ1) is 20.4. The van der Waals surface area contributed by atoms with Crippen LogP contribution in [0.25, 0.3) is 0 Å². The molecule has 1 aliphatic rings. The number of thioether (sulfide) groups is 1. The molecule has 1 heterocycles. The van der Waals surface area contributed by atoms with E-state index >= 15 is 0 Å². The Hall–Kier alpha value is -3.31. The van der Waals surface area contributed by atoms with E-state index in [1.54, 1.807) is 0 Å². The Bertz CT molecular complexity index is 1060. The molecule has 0 atom stereocenters. The fourth-order valence-electron chi connectivity index (χ4n) is 2.21. The minimum Gasteiger partial charge on any atom is -0.422 e. The highest BCUT2D eigenvalue weighted by Gasteiger charge is 2.20. The summed E-state index contributed by atoms with van der Waals surface area (Å²) < 4.78 is 19.1. The van der Waals surface area contributed by atoms with Crippen LogP contribution in [0.15, 0.2) is 46.6 Å². The highest BCUT2D eigenvalue weighted by molar-refractivity contribution is 8.15. The van der Waals surface area contributed by atoms with Crippen LogP contribution >= 0.6 is 23.4 Å². The molecule has 148 valence electrons. The molecule has 29 heavy (non-hydrogen) atoms. The van der Waals surface area contributed by atoms with E-state index in [1.807, 2.05) is 0 Å². The molecule has 0 saturated carbocycles. The van der Waals surface area contributed by atoms with E-state index < -0.39 is 22.3 Å². The summed E-state index contributed by atoms with van der Waals surface area (Å²) in [4.78, 5) is 33.9. The number of carbonyl (C=O) groups is 2. The number of nitrogens with one attached hydrogen (secondary N) is 1. The fraction of sp³-hybridized carbons (Fsp3) is 0.0588. The summed E-state index contributed by atoms with van der Waals surface area (Å²) in [6.07, 6.45) is 1.11. The van der Waals surface area contributed by atoms with Crippen molar-refractivity contribution in [2.75, 3.05) is 5.75 Å². The van der Waals surface area contributed by atoms with Crippen LogP contribution in [0.5, 0.6) is 5.75 Å². The highest BCUT2D eigenvalue weighted by Crippen LogP contribution is 2.26. The number of nitro benzene ring substituents is 1. The lowest BCUT2D eigenvalue weighted by atomic mass is 10.2. The molecule has 1 fully saturated rings. The molecule has 2 aromatic carbocycles. The van der Waals surface area contributed by atoms with Crippen LogP contribution < -0.4 is 10.1 Å². The fourth-order valence-corrected chi connectivity index (χ4v) is 3.08. The topological polar surface area (TPSA) is 123 Å². The molecular formula is C17H10ClFN4O5S. The van der Waals surface area contributed by atoms with Crippen LogP contribution in [0.4, 0.5) is 10.1 Å². The number of amides is 1. The van der Waals surface area contributed by atoms with Crippen molar-refractivity contribution >= 4 is 52.3 Å². The van der Waals surface area contributed by atoms with Gasteiger partial charge in [-0.3, -0.25) is 14.9 Å². The first-order chi connectivity index (χ1) is 13.8. The second-order valence-corrected chi connectivity index (χ2v) is 6.82. The maximum Gasteiger partial charge on any atom is 0.348 e. The largest absolute Gasteiger partial charge is 0.422 e. The van der Waals surface area contributed by atoms with E-state index in [9.17, 15) is 24.1 Å². The molecule has 0 unspecified atom stereocenters. The number of halogens is 2. The number of amidine groups is 1. The number of nitrogens with zero attached hydrogens (tertiary/aromatic N) is 3. The quantitative estimate of drug-likeness (QED) is 0.252. The van der Waals surface area contributed by atoms with E-state index in [4.69, 9.17) is 16.3 Å². The number of esters is 1. The molecule has 1 saturated heterocycles. The maximum absolute atomic E-state index is 13.9. The van der Waals surface area contributed by atoms with E-state index in [1.165, 1.54) is 18.2 Å². The average molecular weight is 437 g/mol. The molecule has 0 bridgehead atoms. The van der Waals surface area contributed by atoms with Gasteiger partial charge in [-0.25, -0.2) is 9.18 Å². The second-order valence-electron chi connectivity index (χ2n) is 5.45. The van der Waals surface area contributed by atoms with Gasteiger partial charge in [0, 0.05) is 17.7 Å². The predicted octanol–water partition coefficient (Wildman–Crippen LogP) is 3.16. The molecule has 0 spiro atoms. The summed E-state index contributed by atoms with van der Waals surface area (Å²) in [6, 6.07) is 7.09. The van der Waals surface area contributed by atoms with Crippen molar-refractivity contribution in [3.05, 3.63) is 68.5 Å². The summed E-state index contributed by atoms with van der Waals surface area (Å²) in [5, 5.41) is 21.1. The molecule has 0 aliphatic carbocycles. The summed E-state index contributed by atoms with van der Waals surface area (Å²) in [7, 11) is 0. The van der Waals surface area contributed by atoms with Gasteiger partial charge in [-0.1, -0.05) is 29.4 Å². The van der Waals surface area contributed by atoms with Gasteiger partial charge in [0.15, 0.2) is 5.17 Å². The summed E-state index contributed by atoms with van der Waals surface area (Å²) in [6.45, 7) is 0. The van der Waals surface area contributed by atoms with Crippen molar-refractivity contribution in [3.63, 3.8) is 0 Å². The zero-order chi connectivity index (χ0) is 21.0. The van der Waals surface area contributed by atoms with Crippen LogP contribution in [0.2, 0.25) is 5.02 Å². The number of hydrogen-bond donors (Lipinski definition) is 1. The summed E-state index contributed by atoms with van der Waals surface area (Å²) in [5.41, 5.74) is -0.717. The molecule has 0 radical (unpaired) electrons. The van der Waals surface area contributed by atoms with E-state index in [0.29, 0.717) is 0 Å². The molecule has 2 aromatic rings. The van der Waals surface area contributed by atoms with E-state index in [2.05, 4.69) is 15.5 Å². The Morgan fingerprint density at radius 1 is 1.38 bits per heavy atom. The van der Waals surface area contributed by atoms with Gasteiger partial charge >= 0.3 is 5.97 Å². The van der Waals surface area contributed by atoms with Gasteiger partial charge in [-0.15, -0.1) is 5.10 Å². The van der Waals surface area contributed by atoms with Crippen LogP contribution in [0.1, 0.15) is 15.9 Å². The van der Waals surface area contributed by atoms with Crippen molar-refractivity contribution < 1.29 is 23.6 Å². The molecule has 1 amide bonds. The molecular weight excluding hydrogens is 427 g/mol. The lowest BCUT2D eigenvalue weighted by molar-refractivity contribution is -0.384. The zero-order valence-electron chi connectivity index (χ0n) is 14.3. The third kappa shape index (κ3) is 4.95. The molecule has 12 heteroatoms. The summed E-state index contributed by atoms with van der Waals surface area (Å²) in [5.74, 6) is -2.10. The van der Waals surface area contributed by atoms with Crippen LogP contribution in [-0.4, -0.2) is 33.9 Å². The van der Waals surface area contributed by atoms with Crippen molar-refractivity contribution in [2.45, 2.75) is 0 Å². The van der Waals surface area contributed by atoms with Crippen molar-refractivity contribution in [1.82, 2.24) is 5.32 Å². The summed E-state index contributed by atoms with van der Waals surface area (Å²) >= 11 is 6.99. The lowest BCUT2D eigenvalue weighted by Gasteiger charge is -2.09. The molecule has 1 N–H and O–H groups in total. The van der Waals surface area contributed by atoms with Crippen LogP contribution in [-0.2, 0) is 4.79 Å². The van der Waals surface area contributed by atoms with Gasteiger partial charge in [-0.05, 0) is 18.2 Å². The van der Waals surface area contributed by atoms with Crippen LogP contribution in [0, 0.1) is 15.9 Å². The number of rotatable bonds is 5. The Morgan fingerprint density at radius 2 is 2.17 bits per heavy atom. The Morgan fingerprint density at radius 3 is 2.83 bits per heavy atom. The number of carbonyl (C=O) groups excluding carboxylic acids is 2. The number of non-ortho nitro benzene ring substituents is 1. The molecule has 0 aromatic heterocycles. The normalized spacial score (nSPS) is 15.0. The first-order valence-electron chi connectivity index (χ1n) is 7.83. The van der Waals surface area contributed by atoms with Gasteiger partial charge in [-0.2, -0.15) is 5.10 Å². The molecule has 1 aliphatic heterocycles. The third-order valence-electron chi connectivity index (χ3n) is 3.51. The SMILES string of the molecule is O=C1CSC(=NN=Cc2cc([N+](=O)[O-])ccc2OC(=O)c2c(F)cccc2Cl)N1.